The molecule has 98 valence electrons. The molecule has 2 rings (SSSR count). The molecule has 0 saturated heterocycles. The van der Waals surface area contributed by atoms with Gasteiger partial charge in [-0.3, -0.25) is 9.78 Å². The molecule has 0 fully saturated rings. The quantitative estimate of drug-likeness (QED) is 0.879. The lowest BCUT2D eigenvalue weighted by molar-refractivity contribution is -0.130. The Morgan fingerprint density at radius 2 is 1.84 bits per heavy atom. The Morgan fingerprint density at radius 1 is 1.16 bits per heavy atom. The van der Waals surface area contributed by atoms with Crippen LogP contribution in [0.2, 0.25) is 0 Å². The fourth-order valence-electron chi connectivity index (χ4n) is 1.79. The summed E-state index contributed by atoms with van der Waals surface area (Å²) in [5.74, 6) is -0.449. The lowest BCUT2D eigenvalue weighted by Gasteiger charge is -2.17. The van der Waals surface area contributed by atoms with Gasteiger partial charge >= 0.3 is 0 Å². The summed E-state index contributed by atoms with van der Waals surface area (Å²) in [6.07, 6.45) is 0.305. The molecule has 2 N–H and O–H groups in total. The van der Waals surface area contributed by atoms with Gasteiger partial charge in [-0.2, -0.15) is 0 Å². The minimum absolute atomic E-state index is 0.160. The fourth-order valence-corrected chi connectivity index (χ4v) is 1.79. The number of pyridine rings is 1. The topological polar surface area (TPSA) is 62.2 Å². The number of nitrogens with one attached hydrogen (secondary N) is 1. The molecule has 0 aliphatic carbocycles. The first-order valence-electron chi connectivity index (χ1n) is 6.13. The molecule has 2 aromatic rings. The molecule has 19 heavy (non-hydrogen) atoms. The van der Waals surface area contributed by atoms with Gasteiger partial charge < -0.3 is 10.4 Å². The number of carbonyl (C=O) groups excluding carboxylic acids is 1. The van der Waals surface area contributed by atoms with Crippen molar-refractivity contribution in [3.8, 4) is 0 Å². The van der Waals surface area contributed by atoms with E-state index in [4.69, 9.17) is 0 Å². The van der Waals surface area contributed by atoms with Gasteiger partial charge in [-0.25, -0.2) is 0 Å². The maximum Gasteiger partial charge on any atom is 0.255 e. The van der Waals surface area contributed by atoms with Gasteiger partial charge in [-0.1, -0.05) is 36.4 Å². The van der Waals surface area contributed by atoms with Gasteiger partial charge in [0.05, 0.1) is 11.7 Å². The maximum absolute atomic E-state index is 11.9. The minimum Gasteiger partial charge on any atom is -0.377 e. The Hall–Kier alpha value is -2.20. The Labute approximate surface area is 112 Å². The van der Waals surface area contributed by atoms with Crippen LogP contribution in [0.3, 0.4) is 0 Å². The zero-order chi connectivity index (χ0) is 13.7. The van der Waals surface area contributed by atoms with Crippen LogP contribution >= 0.6 is 0 Å². The lowest BCUT2D eigenvalue weighted by Crippen LogP contribution is -2.31. The summed E-state index contributed by atoms with van der Waals surface area (Å²) in [6, 6.07) is 14.5. The molecule has 0 spiro atoms. The summed E-state index contributed by atoms with van der Waals surface area (Å²) in [4.78, 5) is 15.9. The van der Waals surface area contributed by atoms with E-state index in [9.17, 15) is 9.90 Å². The number of hydrogen-bond acceptors (Lipinski definition) is 3. The number of amides is 1. The standard InChI is InChI=1S/C15H16N2O2/c1-11(12-7-3-2-4-8-12)17-15(19)14(18)13-9-5-6-10-16-13/h2-11,14,18H,1H3,(H,17,19)/t11-,14-/m0/s1. The third-order valence-electron chi connectivity index (χ3n) is 2.87. The number of benzene rings is 1. The Balaban J connectivity index is 2.02. The Kier molecular flexibility index (Phi) is 4.26. The minimum atomic E-state index is -1.24. The number of nitrogens with zero attached hydrogens (tertiary/aromatic N) is 1. The summed E-state index contributed by atoms with van der Waals surface area (Å²) in [5, 5.41) is 12.7. The molecule has 4 heteroatoms. The molecule has 0 unspecified atom stereocenters. The van der Waals surface area contributed by atoms with E-state index in [-0.39, 0.29) is 6.04 Å². The van der Waals surface area contributed by atoms with Crippen molar-refractivity contribution < 1.29 is 9.90 Å². The first kappa shape index (κ1) is 13.2. The van der Waals surface area contributed by atoms with Crippen LogP contribution in [0.5, 0.6) is 0 Å². The number of aliphatic hydroxyl groups is 1. The second-order valence-electron chi connectivity index (χ2n) is 4.30. The molecule has 0 radical (unpaired) electrons. The van der Waals surface area contributed by atoms with E-state index in [1.54, 1.807) is 24.4 Å². The van der Waals surface area contributed by atoms with Crippen LogP contribution in [0.15, 0.2) is 54.7 Å². The fraction of sp³-hybridized carbons (Fsp3) is 0.200. The zero-order valence-electron chi connectivity index (χ0n) is 10.7. The van der Waals surface area contributed by atoms with E-state index >= 15 is 0 Å². The summed E-state index contributed by atoms with van der Waals surface area (Å²) in [7, 11) is 0. The van der Waals surface area contributed by atoms with Crippen LogP contribution in [0.1, 0.15) is 30.3 Å². The largest absolute Gasteiger partial charge is 0.377 e. The number of aliphatic hydroxyl groups excluding tert-OH is 1. The first-order valence-corrected chi connectivity index (χ1v) is 6.13. The Morgan fingerprint density at radius 3 is 2.47 bits per heavy atom. The van der Waals surface area contributed by atoms with Gasteiger partial charge in [0.2, 0.25) is 0 Å². The number of rotatable bonds is 4. The predicted molar refractivity (Wildman–Crippen MR) is 72.2 cm³/mol. The molecule has 1 heterocycles. The number of aromatic nitrogens is 1. The van der Waals surface area contributed by atoms with Crippen molar-refractivity contribution in [2.75, 3.05) is 0 Å². The molecular formula is C15H16N2O2. The molecule has 2 atom stereocenters. The van der Waals surface area contributed by atoms with Crippen molar-refractivity contribution in [3.05, 3.63) is 66.0 Å². The second kappa shape index (κ2) is 6.11. The maximum atomic E-state index is 11.9. The number of hydrogen-bond donors (Lipinski definition) is 2. The van der Waals surface area contributed by atoms with E-state index in [0.29, 0.717) is 5.69 Å². The molecular weight excluding hydrogens is 240 g/mol. The van der Waals surface area contributed by atoms with E-state index in [0.717, 1.165) is 5.56 Å². The van der Waals surface area contributed by atoms with Crippen LogP contribution in [0, 0.1) is 0 Å². The van der Waals surface area contributed by atoms with Gasteiger partial charge in [0.1, 0.15) is 0 Å². The molecule has 4 nitrogen and oxygen atoms in total. The van der Waals surface area contributed by atoms with Crippen molar-refractivity contribution in [1.82, 2.24) is 10.3 Å². The molecule has 1 aromatic carbocycles. The van der Waals surface area contributed by atoms with Crippen molar-refractivity contribution in [3.63, 3.8) is 0 Å². The van der Waals surface area contributed by atoms with Gasteiger partial charge in [0.25, 0.3) is 5.91 Å². The van der Waals surface area contributed by atoms with Crippen molar-refractivity contribution in [2.45, 2.75) is 19.1 Å². The summed E-state index contributed by atoms with van der Waals surface area (Å²) >= 11 is 0. The molecule has 0 aliphatic rings. The highest BCUT2D eigenvalue weighted by Crippen LogP contribution is 2.14. The van der Waals surface area contributed by atoms with Gasteiger partial charge in [0.15, 0.2) is 6.10 Å². The third kappa shape index (κ3) is 3.39. The average molecular weight is 256 g/mol. The lowest BCUT2D eigenvalue weighted by atomic mass is 10.1. The smallest absolute Gasteiger partial charge is 0.255 e. The van der Waals surface area contributed by atoms with Gasteiger partial charge in [-0.15, -0.1) is 0 Å². The van der Waals surface area contributed by atoms with Crippen LogP contribution in [-0.2, 0) is 4.79 Å². The van der Waals surface area contributed by atoms with E-state index in [1.807, 2.05) is 37.3 Å². The van der Waals surface area contributed by atoms with E-state index in [2.05, 4.69) is 10.3 Å². The molecule has 1 amide bonds. The summed E-state index contributed by atoms with van der Waals surface area (Å²) < 4.78 is 0. The zero-order valence-corrected chi connectivity index (χ0v) is 10.7. The second-order valence-corrected chi connectivity index (χ2v) is 4.30. The molecule has 1 aromatic heterocycles. The van der Waals surface area contributed by atoms with Crippen molar-refractivity contribution in [2.24, 2.45) is 0 Å². The highest BCUT2D eigenvalue weighted by molar-refractivity contribution is 5.81. The van der Waals surface area contributed by atoms with Crippen LogP contribution in [-0.4, -0.2) is 16.0 Å². The van der Waals surface area contributed by atoms with Crippen LogP contribution in [0.25, 0.3) is 0 Å². The number of carbonyl (C=O) groups is 1. The molecule has 0 saturated carbocycles. The first-order chi connectivity index (χ1) is 9.18. The van der Waals surface area contributed by atoms with E-state index < -0.39 is 12.0 Å². The molecule has 0 aliphatic heterocycles. The predicted octanol–water partition coefficient (Wildman–Crippen LogP) is 1.99. The normalized spacial score (nSPS) is 13.6. The van der Waals surface area contributed by atoms with Gasteiger partial charge in [0, 0.05) is 6.20 Å². The SMILES string of the molecule is C[C@H](NC(=O)[C@@H](O)c1ccccn1)c1ccccc1. The summed E-state index contributed by atoms with van der Waals surface area (Å²) in [6.45, 7) is 1.87. The Bertz CT molecular complexity index is 528. The van der Waals surface area contributed by atoms with E-state index in [1.165, 1.54) is 0 Å². The van der Waals surface area contributed by atoms with Gasteiger partial charge in [-0.05, 0) is 24.6 Å². The third-order valence-corrected chi connectivity index (χ3v) is 2.87. The monoisotopic (exact) mass is 256 g/mol. The van der Waals surface area contributed by atoms with Crippen LogP contribution < -0.4 is 5.32 Å². The van der Waals surface area contributed by atoms with Crippen LogP contribution in [0.4, 0.5) is 0 Å². The highest BCUT2D eigenvalue weighted by Gasteiger charge is 2.20. The van der Waals surface area contributed by atoms with Crippen molar-refractivity contribution in [1.29, 1.82) is 0 Å². The van der Waals surface area contributed by atoms with Crippen molar-refractivity contribution >= 4 is 5.91 Å². The highest BCUT2D eigenvalue weighted by atomic mass is 16.3. The molecule has 0 bridgehead atoms. The average Bonchev–Trinajstić information content (AvgIpc) is 2.48. The summed E-state index contributed by atoms with van der Waals surface area (Å²) in [5.41, 5.74) is 1.34.